The van der Waals surface area contributed by atoms with Gasteiger partial charge in [-0.2, -0.15) is 0 Å². The van der Waals surface area contributed by atoms with Crippen molar-refractivity contribution >= 4 is 17.6 Å². The Bertz CT molecular complexity index is 448. The highest BCUT2D eigenvalue weighted by Gasteiger charge is 2.18. The SMILES string of the molecule is CNC(=O)C(C)CN(C)c1ccncc1C(=O)O. The minimum atomic E-state index is -1.03. The Morgan fingerprint density at radius 2 is 2.22 bits per heavy atom. The first-order valence-corrected chi connectivity index (χ1v) is 5.57. The zero-order valence-electron chi connectivity index (χ0n) is 10.7. The second-order valence-corrected chi connectivity index (χ2v) is 4.09. The van der Waals surface area contributed by atoms with Crippen molar-refractivity contribution < 1.29 is 14.7 Å². The van der Waals surface area contributed by atoms with Gasteiger partial charge < -0.3 is 15.3 Å². The molecule has 0 bridgehead atoms. The Hall–Kier alpha value is -2.11. The topological polar surface area (TPSA) is 82.5 Å². The van der Waals surface area contributed by atoms with Gasteiger partial charge in [0.25, 0.3) is 0 Å². The summed E-state index contributed by atoms with van der Waals surface area (Å²) < 4.78 is 0. The lowest BCUT2D eigenvalue weighted by atomic mass is 10.1. The number of nitrogens with one attached hydrogen (secondary N) is 1. The van der Waals surface area contributed by atoms with Crippen LogP contribution in [0.1, 0.15) is 17.3 Å². The van der Waals surface area contributed by atoms with Gasteiger partial charge in [0.05, 0.1) is 11.6 Å². The zero-order chi connectivity index (χ0) is 13.7. The number of anilines is 1. The normalized spacial score (nSPS) is 11.7. The van der Waals surface area contributed by atoms with Crippen LogP contribution in [0.25, 0.3) is 0 Å². The summed E-state index contributed by atoms with van der Waals surface area (Å²) in [5.41, 5.74) is 0.678. The van der Waals surface area contributed by atoms with Crippen molar-refractivity contribution in [1.29, 1.82) is 0 Å². The summed E-state index contributed by atoms with van der Waals surface area (Å²) in [7, 11) is 3.33. The summed E-state index contributed by atoms with van der Waals surface area (Å²) in [4.78, 5) is 28.0. The van der Waals surface area contributed by atoms with Crippen molar-refractivity contribution in [2.75, 3.05) is 25.5 Å². The fourth-order valence-electron chi connectivity index (χ4n) is 1.72. The average Bonchev–Trinajstić information content (AvgIpc) is 2.37. The molecule has 0 aromatic carbocycles. The highest BCUT2D eigenvalue weighted by molar-refractivity contribution is 5.94. The smallest absolute Gasteiger partial charge is 0.339 e. The summed E-state index contributed by atoms with van der Waals surface area (Å²) in [6, 6.07) is 1.63. The highest BCUT2D eigenvalue weighted by atomic mass is 16.4. The van der Waals surface area contributed by atoms with Crippen molar-refractivity contribution in [3.8, 4) is 0 Å². The third kappa shape index (κ3) is 3.19. The molecule has 1 aromatic heterocycles. The van der Waals surface area contributed by atoms with E-state index in [0.29, 0.717) is 12.2 Å². The van der Waals surface area contributed by atoms with E-state index in [0.717, 1.165) is 0 Å². The molecule has 0 spiro atoms. The summed E-state index contributed by atoms with van der Waals surface area (Å²) in [5, 5.41) is 11.6. The molecule has 1 aromatic rings. The molecule has 18 heavy (non-hydrogen) atoms. The predicted molar refractivity (Wildman–Crippen MR) is 67.7 cm³/mol. The van der Waals surface area contributed by atoms with Gasteiger partial charge in [0.15, 0.2) is 0 Å². The minimum absolute atomic E-state index is 0.0761. The zero-order valence-corrected chi connectivity index (χ0v) is 10.7. The quantitative estimate of drug-likeness (QED) is 0.800. The first-order chi connectivity index (χ1) is 8.47. The van der Waals surface area contributed by atoms with Gasteiger partial charge in [0, 0.05) is 33.0 Å². The monoisotopic (exact) mass is 251 g/mol. The number of carbonyl (C=O) groups is 2. The van der Waals surface area contributed by atoms with E-state index in [2.05, 4.69) is 10.3 Å². The number of rotatable bonds is 5. The Labute approximate surface area is 106 Å². The maximum absolute atomic E-state index is 11.4. The number of hydrogen-bond acceptors (Lipinski definition) is 4. The number of carboxylic acids is 1. The number of aromatic nitrogens is 1. The van der Waals surface area contributed by atoms with Crippen molar-refractivity contribution in [2.24, 2.45) is 5.92 Å². The van der Waals surface area contributed by atoms with Crippen molar-refractivity contribution in [3.63, 3.8) is 0 Å². The van der Waals surface area contributed by atoms with Crippen LogP contribution in [-0.4, -0.2) is 42.6 Å². The summed E-state index contributed by atoms with van der Waals surface area (Å²) in [6.45, 7) is 2.22. The molecule has 0 saturated heterocycles. The third-order valence-corrected chi connectivity index (χ3v) is 2.68. The summed E-state index contributed by atoms with van der Waals surface area (Å²) >= 11 is 0. The minimum Gasteiger partial charge on any atom is -0.478 e. The van der Waals surface area contributed by atoms with Crippen molar-refractivity contribution in [3.05, 3.63) is 24.0 Å². The molecule has 0 fully saturated rings. The van der Waals surface area contributed by atoms with E-state index in [4.69, 9.17) is 5.11 Å². The molecule has 6 nitrogen and oxygen atoms in total. The lowest BCUT2D eigenvalue weighted by Crippen LogP contribution is -2.34. The van der Waals surface area contributed by atoms with E-state index in [1.54, 1.807) is 32.0 Å². The molecule has 6 heteroatoms. The predicted octanol–water partition coefficient (Wildman–Crippen LogP) is 0.598. The van der Waals surface area contributed by atoms with Crippen LogP contribution in [0.3, 0.4) is 0 Å². The van der Waals surface area contributed by atoms with E-state index in [1.165, 1.54) is 12.4 Å². The Balaban J connectivity index is 2.87. The summed E-state index contributed by atoms with van der Waals surface area (Å²) in [5.74, 6) is -1.33. The first kappa shape index (κ1) is 14.0. The van der Waals surface area contributed by atoms with Gasteiger partial charge in [0.1, 0.15) is 5.56 Å². The van der Waals surface area contributed by atoms with E-state index >= 15 is 0 Å². The number of amides is 1. The van der Waals surface area contributed by atoms with Crippen LogP contribution in [0, 0.1) is 5.92 Å². The fourth-order valence-corrected chi connectivity index (χ4v) is 1.72. The Morgan fingerprint density at radius 3 is 2.78 bits per heavy atom. The van der Waals surface area contributed by atoms with Gasteiger partial charge in [-0.25, -0.2) is 4.79 Å². The molecule has 2 N–H and O–H groups in total. The number of carboxylic acid groups (broad SMARTS) is 1. The van der Waals surface area contributed by atoms with E-state index in [-0.39, 0.29) is 17.4 Å². The second-order valence-electron chi connectivity index (χ2n) is 4.09. The average molecular weight is 251 g/mol. The molecule has 0 aliphatic heterocycles. The van der Waals surface area contributed by atoms with Crippen LogP contribution in [-0.2, 0) is 4.79 Å². The lowest BCUT2D eigenvalue weighted by Gasteiger charge is -2.23. The number of carbonyl (C=O) groups excluding carboxylic acids is 1. The molecule has 1 atom stereocenters. The van der Waals surface area contributed by atoms with Gasteiger partial charge in [-0.3, -0.25) is 9.78 Å². The van der Waals surface area contributed by atoms with Gasteiger partial charge >= 0.3 is 5.97 Å². The van der Waals surface area contributed by atoms with Crippen LogP contribution in [0.2, 0.25) is 0 Å². The van der Waals surface area contributed by atoms with Crippen LogP contribution >= 0.6 is 0 Å². The first-order valence-electron chi connectivity index (χ1n) is 5.57. The van der Waals surface area contributed by atoms with Crippen LogP contribution in [0.15, 0.2) is 18.5 Å². The molecule has 0 saturated carbocycles. The van der Waals surface area contributed by atoms with E-state index in [9.17, 15) is 9.59 Å². The third-order valence-electron chi connectivity index (χ3n) is 2.68. The number of nitrogens with zero attached hydrogens (tertiary/aromatic N) is 2. The maximum atomic E-state index is 11.4. The largest absolute Gasteiger partial charge is 0.478 e. The standard InChI is InChI=1S/C12H17N3O3/c1-8(11(16)13-2)7-15(3)10-4-5-14-6-9(10)12(17)18/h4-6,8H,7H2,1-3H3,(H,13,16)(H,17,18). The van der Waals surface area contributed by atoms with E-state index < -0.39 is 5.97 Å². The Kier molecular flexibility index (Phi) is 4.65. The molecule has 1 amide bonds. The maximum Gasteiger partial charge on any atom is 0.339 e. The van der Waals surface area contributed by atoms with Gasteiger partial charge in [-0.15, -0.1) is 0 Å². The number of hydrogen-bond donors (Lipinski definition) is 2. The molecule has 0 aliphatic rings. The van der Waals surface area contributed by atoms with Gasteiger partial charge in [-0.1, -0.05) is 6.92 Å². The molecule has 0 radical (unpaired) electrons. The van der Waals surface area contributed by atoms with Crippen molar-refractivity contribution in [1.82, 2.24) is 10.3 Å². The lowest BCUT2D eigenvalue weighted by molar-refractivity contribution is -0.123. The van der Waals surface area contributed by atoms with Gasteiger partial charge in [-0.05, 0) is 6.07 Å². The van der Waals surface area contributed by atoms with E-state index in [1.807, 2.05) is 0 Å². The summed E-state index contributed by atoms with van der Waals surface area (Å²) in [6.07, 6.45) is 2.83. The van der Waals surface area contributed by atoms with Crippen LogP contribution in [0.4, 0.5) is 5.69 Å². The Morgan fingerprint density at radius 1 is 1.56 bits per heavy atom. The van der Waals surface area contributed by atoms with Crippen molar-refractivity contribution in [2.45, 2.75) is 6.92 Å². The molecular weight excluding hydrogens is 234 g/mol. The highest BCUT2D eigenvalue weighted by Crippen LogP contribution is 2.18. The number of pyridine rings is 1. The molecule has 1 rings (SSSR count). The fraction of sp³-hybridized carbons (Fsp3) is 0.417. The second kappa shape index (κ2) is 6.00. The molecule has 98 valence electrons. The van der Waals surface area contributed by atoms with Gasteiger partial charge in [0.2, 0.25) is 5.91 Å². The molecular formula is C12H17N3O3. The molecule has 1 unspecified atom stereocenters. The van der Waals surface area contributed by atoms with Crippen LogP contribution in [0.5, 0.6) is 0 Å². The number of aromatic carboxylic acids is 1. The van der Waals surface area contributed by atoms with Crippen LogP contribution < -0.4 is 10.2 Å². The molecule has 0 aliphatic carbocycles. The molecule has 1 heterocycles.